The second kappa shape index (κ2) is 4.20. The van der Waals surface area contributed by atoms with E-state index in [1.165, 1.54) is 12.3 Å². The van der Waals surface area contributed by atoms with Crippen LogP contribution in [0, 0.1) is 0 Å². The van der Waals surface area contributed by atoms with Crippen LogP contribution in [0.1, 0.15) is 5.56 Å². The quantitative estimate of drug-likeness (QED) is 0.572. The highest BCUT2D eigenvalue weighted by Gasteiger charge is 2.29. The number of nitrogens with zero attached hydrogens (tertiary/aromatic N) is 1. The predicted octanol–water partition coefficient (Wildman–Crippen LogP) is 3.93. The molecule has 0 aliphatic carbocycles. The van der Waals surface area contributed by atoms with Crippen LogP contribution >= 0.6 is 0 Å². The fourth-order valence-electron chi connectivity index (χ4n) is 1.42. The Morgan fingerprint density at radius 3 is 2.59 bits per heavy atom. The summed E-state index contributed by atoms with van der Waals surface area (Å²) in [7, 11) is 0. The molecule has 2 rings (SSSR count). The number of hydrogen-bond acceptors (Lipinski definition) is 1. The number of rotatable bonds is 2. The summed E-state index contributed by atoms with van der Waals surface area (Å²) < 4.78 is 48.9. The van der Waals surface area contributed by atoms with Crippen molar-refractivity contribution in [1.82, 2.24) is 4.98 Å². The number of hydrogen-bond donors (Lipinski definition) is 0. The van der Waals surface area contributed by atoms with E-state index in [-0.39, 0.29) is 5.56 Å². The number of halogens is 4. The lowest BCUT2D eigenvalue weighted by molar-refractivity contribution is 0.454. The van der Waals surface area contributed by atoms with Crippen molar-refractivity contribution in [3.05, 3.63) is 47.8 Å². The third-order valence-corrected chi connectivity index (χ3v) is 2.23. The van der Waals surface area contributed by atoms with Gasteiger partial charge in [0.15, 0.2) is 0 Å². The maximum atomic E-state index is 12.7. The Kier molecular flexibility index (Phi) is 2.87. The minimum absolute atomic E-state index is 0.0976. The molecule has 0 bridgehead atoms. The molecule has 0 aliphatic rings. The van der Waals surface area contributed by atoms with Crippen molar-refractivity contribution in [2.75, 3.05) is 0 Å². The zero-order valence-electron chi connectivity index (χ0n) is 8.58. The van der Waals surface area contributed by atoms with Crippen LogP contribution in [0.15, 0.2) is 42.3 Å². The van der Waals surface area contributed by atoms with E-state index < -0.39 is 12.7 Å². The van der Waals surface area contributed by atoms with Gasteiger partial charge in [-0.2, -0.15) is 0 Å². The molecule has 88 valence electrons. The highest BCUT2D eigenvalue weighted by atomic mass is 19.4. The molecular weight excluding hydrogens is 233 g/mol. The van der Waals surface area contributed by atoms with Crippen LogP contribution in [-0.4, -0.2) is 12.0 Å². The summed E-state index contributed by atoms with van der Waals surface area (Å²) in [5.74, 6) is 0. The van der Waals surface area contributed by atoms with E-state index in [0.29, 0.717) is 17.0 Å². The molecule has 1 nitrogen and oxygen atoms in total. The topological polar surface area (TPSA) is 12.9 Å². The van der Waals surface area contributed by atoms with Crippen LogP contribution in [0.5, 0.6) is 0 Å². The number of benzene rings is 1. The highest BCUT2D eigenvalue weighted by Crippen LogP contribution is 2.24. The zero-order valence-corrected chi connectivity index (χ0v) is 8.58. The Morgan fingerprint density at radius 2 is 1.88 bits per heavy atom. The Balaban J connectivity index is 2.44. The Bertz CT molecular complexity index is 577. The molecule has 0 spiro atoms. The second-order valence-electron chi connectivity index (χ2n) is 3.57. The van der Waals surface area contributed by atoms with Gasteiger partial charge in [-0.25, -0.2) is 4.39 Å². The van der Waals surface area contributed by atoms with E-state index in [2.05, 4.69) is 4.98 Å². The normalized spacial score (nSPS) is 13.1. The van der Waals surface area contributed by atoms with Crippen LogP contribution in [0.4, 0.5) is 17.3 Å². The second-order valence-corrected chi connectivity index (χ2v) is 3.57. The van der Waals surface area contributed by atoms with Gasteiger partial charge >= 0.3 is 6.98 Å². The fourth-order valence-corrected chi connectivity index (χ4v) is 1.42. The van der Waals surface area contributed by atoms with Crippen molar-refractivity contribution in [1.29, 1.82) is 0 Å². The zero-order chi connectivity index (χ0) is 12.5. The van der Waals surface area contributed by atoms with Gasteiger partial charge in [-0.15, -0.1) is 0 Å². The largest absolute Gasteiger partial charge is 0.537 e. The molecular formula is C11H7BF4N-. The van der Waals surface area contributed by atoms with Gasteiger partial charge < -0.3 is 12.9 Å². The van der Waals surface area contributed by atoms with Gasteiger partial charge in [0.2, 0.25) is 0 Å². The van der Waals surface area contributed by atoms with E-state index in [9.17, 15) is 17.3 Å². The highest BCUT2D eigenvalue weighted by molar-refractivity contribution is 6.66. The Hall–Kier alpha value is -1.85. The Morgan fingerprint density at radius 1 is 1.18 bits per heavy atom. The predicted molar refractivity (Wildman–Crippen MR) is 59.9 cm³/mol. The van der Waals surface area contributed by atoms with Gasteiger partial charge in [-0.3, -0.25) is 4.98 Å². The minimum Gasteiger partial charge on any atom is -0.443 e. The molecule has 0 radical (unpaired) electrons. The smallest absolute Gasteiger partial charge is 0.443 e. The monoisotopic (exact) mass is 240 g/mol. The van der Waals surface area contributed by atoms with Crippen LogP contribution in [0.2, 0.25) is 0 Å². The molecule has 0 N–H and O–H groups in total. The van der Waals surface area contributed by atoms with Gasteiger partial charge in [-0.1, -0.05) is 24.3 Å². The molecule has 17 heavy (non-hydrogen) atoms. The van der Waals surface area contributed by atoms with Gasteiger partial charge in [0.25, 0.3) is 0 Å². The van der Waals surface area contributed by atoms with Gasteiger partial charge in [0, 0.05) is 17.3 Å². The maximum Gasteiger partial charge on any atom is 0.537 e. The van der Waals surface area contributed by atoms with Gasteiger partial charge in [0.1, 0.15) is 0 Å². The first kappa shape index (κ1) is 11.6. The molecule has 6 heteroatoms. The maximum absolute atomic E-state index is 12.7. The first-order valence-electron chi connectivity index (χ1n) is 4.88. The van der Waals surface area contributed by atoms with Gasteiger partial charge in [-0.05, 0) is 17.7 Å². The number of aromatic nitrogens is 1. The number of para-hydroxylation sites is 1. The molecule has 1 heterocycles. The van der Waals surface area contributed by atoms with E-state index in [1.807, 2.05) is 0 Å². The summed E-state index contributed by atoms with van der Waals surface area (Å²) >= 11 is 0. The summed E-state index contributed by atoms with van der Waals surface area (Å²) in [6.07, 6.45) is 1.67. The molecule has 1 aromatic heterocycles. The average Bonchev–Trinajstić information content (AvgIpc) is 2.27. The first-order chi connectivity index (χ1) is 7.97. The van der Waals surface area contributed by atoms with Crippen LogP contribution in [0.25, 0.3) is 17.0 Å². The average molecular weight is 240 g/mol. The Labute approximate surface area is 94.8 Å². The first-order valence-corrected chi connectivity index (χ1v) is 4.88. The molecule has 0 aliphatic heterocycles. The molecule has 0 amide bonds. The molecule has 0 unspecified atom stereocenters. The van der Waals surface area contributed by atoms with E-state index >= 15 is 0 Å². The van der Waals surface area contributed by atoms with Crippen molar-refractivity contribution >= 4 is 24.0 Å². The molecule has 0 saturated heterocycles. The molecule has 0 fully saturated rings. The number of fused-ring (bicyclic) bond motifs is 1. The minimum atomic E-state index is -5.58. The van der Waals surface area contributed by atoms with E-state index in [0.717, 1.165) is 0 Å². The summed E-state index contributed by atoms with van der Waals surface area (Å²) in [5.41, 5.74) is -1.31. The van der Waals surface area contributed by atoms with Crippen LogP contribution in [-0.2, 0) is 0 Å². The van der Waals surface area contributed by atoms with Crippen molar-refractivity contribution in [3.63, 3.8) is 0 Å². The number of pyridine rings is 1. The van der Waals surface area contributed by atoms with Crippen LogP contribution < -0.4 is 0 Å². The van der Waals surface area contributed by atoms with Crippen molar-refractivity contribution < 1.29 is 17.3 Å². The summed E-state index contributed by atoms with van der Waals surface area (Å²) in [6.45, 7) is -5.58. The third-order valence-electron chi connectivity index (χ3n) is 2.23. The van der Waals surface area contributed by atoms with E-state index in [1.54, 1.807) is 24.3 Å². The lowest BCUT2D eigenvalue weighted by Gasteiger charge is -2.10. The lowest BCUT2D eigenvalue weighted by Crippen LogP contribution is -2.15. The standard InChI is InChI=1S/C11H7BF4N/c13-11(12(14,15)16)6-8-5-9-3-1-2-4-10(9)17-7-8/h1-7H/q-1/b11-6-. The van der Waals surface area contributed by atoms with Crippen molar-refractivity contribution in [2.45, 2.75) is 0 Å². The molecule has 2 aromatic rings. The fraction of sp³-hybridized carbons (Fsp3) is 0. The summed E-state index contributed by atoms with van der Waals surface area (Å²) in [5, 5.41) is 0.670. The summed E-state index contributed by atoms with van der Waals surface area (Å²) in [4.78, 5) is 3.94. The molecule has 0 atom stereocenters. The van der Waals surface area contributed by atoms with Crippen LogP contribution in [0.3, 0.4) is 0 Å². The molecule has 1 aromatic carbocycles. The lowest BCUT2D eigenvalue weighted by atomic mass is 9.88. The SMILES string of the molecule is F/C(=C\c1cnc2ccccc2c1)[B-](F)(F)F. The molecule has 0 saturated carbocycles. The van der Waals surface area contributed by atoms with Crippen molar-refractivity contribution in [3.8, 4) is 0 Å². The van der Waals surface area contributed by atoms with E-state index in [4.69, 9.17) is 0 Å². The van der Waals surface area contributed by atoms with Crippen molar-refractivity contribution in [2.24, 2.45) is 0 Å². The van der Waals surface area contributed by atoms with Gasteiger partial charge in [0.05, 0.1) is 5.52 Å². The summed E-state index contributed by atoms with van der Waals surface area (Å²) in [6, 6.07) is 8.40. The third kappa shape index (κ3) is 2.64.